The molecular weight excluding hydrogens is 837 g/mol. The molecule has 0 amide bonds. The number of benzene rings is 4. The predicted octanol–water partition coefficient (Wildman–Crippen LogP) is 5.35. The van der Waals surface area contributed by atoms with Crippen LogP contribution in [0.25, 0.3) is 0 Å². The predicted molar refractivity (Wildman–Crippen MR) is 217 cm³/mol. The quantitative estimate of drug-likeness (QED) is 0.0305. The molecule has 2 aliphatic heterocycles. The lowest BCUT2D eigenvalue weighted by molar-refractivity contribution is -0.151. The van der Waals surface area contributed by atoms with Gasteiger partial charge in [-0.15, -0.1) is 0 Å². The highest BCUT2D eigenvalue weighted by atomic mass is 16.7. The topological polar surface area (TPSA) is 249 Å². The Hall–Kier alpha value is -8.32. The minimum Gasteiger partial charge on any atom is -0.459 e. The number of nitriles is 2. The van der Waals surface area contributed by atoms with Crippen molar-refractivity contribution in [2.45, 2.75) is 39.3 Å². The average Bonchev–Trinajstić information content (AvgIpc) is 4.23. The van der Waals surface area contributed by atoms with E-state index in [2.05, 4.69) is 13.2 Å². The first-order chi connectivity index (χ1) is 30.8. The zero-order valence-corrected chi connectivity index (χ0v) is 34.3. The molecule has 64 heavy (non-hydrogen) atoms. The van der Waals surface area contributed by atoms with Gasteiger partial charge in [-0.05, 0) is 85.6 Å². The van der Waals surface area contributed by atoms with Crippen LogP contribution in [0.15, 0.2) is 109 Å². The second-order valence-electron chi connectivity index (χ2n) is 13.5. The van der Waals surface area contributed by atoms with Gasteiger partial charge in [0.25, 0.3) is 0 Å². The van der Waals surface area contributed by atoms with Crippen molar-refractivity contribution >= 4 is 35.8 Å². The van der Waals surface area contributed by atoms with Crippen LogP contribution in [0.1, 0.15) is 56.8 Å². The van der Waals surface area contributed by atoms with Crippen LogP contribution in [0.4, 0.5) is 0 Å². The summed E-state index contributed by atoms with van der Waals surface area (Å²) in [5, 5.41) is 19.0. The number of carbonyl (C=O) groups is 6. The molecule has 4 aromatic carbocycles. The molecule has 0 bridgehead atoms. The molecule has 2 unspecified atom stereocenters. The van der Waals surface area contributed by atoms with Gasteiger partial charge in [0.15, 0.2) is 18.0 Å². The maximum Gasteiger partial charge on any atom is 0.343 e. The first-order valence-corrected chi connectivity index (χ1v) is 18.9. The number of carbonyl (C=O) groups excluding carboxylic acids is 6. The molecule has 4 aromatic rings. The Morgan fingerprint density at radius 2 is 1.00 bits per heavy atom. The Labute approximate surface area is 365 Å². The highest BCUT2D eigenvalue weighted by Crippen LogP contribution is 2.30. The molecule has 0 aliphatic carbocycles. The summed E-state index contributed by atoms with van der Waals surface area (Å²) in [7, 11) is 0. The number of hydrogen-bond acceptors (Lipinski definition) is 18. The summed E-state index contributed by atoms with van der Waals surface area (Å²) < 4.78 is 50.6. The third-order valence-corrected chi connectivity index (χ3v) is 8.44. The van der Waals surface area contributed by atoms with Crippen molar-refractivity contribution in [2.24, 2.45) is 0 Å². The maximum absolute atomic E-state index is 12.5. The molecule has 2 atom stereocenters. The van der Waals surface area contributed by atoms with Gasteiger partial charge in [0.2, 0.25) is 13.6 Å². The lowest BCUT2D eigenvalue weighted by atomic mass is 10.1. The van der Waals surface area contributed by atoms with Crippen molar-refractivity contribution in [1.29, 1.82) is 10.5 Å². The summed E-state index contributed by atoms with van der Waals surface area (Å²) in [4.78, 5) is 70.5. The van der Waals surface area contributed by atoms with Crippen molar-refractivity contribution in [3.63, 3.8) is 0 Å². The molecule has 2 saturated heterocycles. The van der Waals surface area contributed by atoms with Gasteiger partial charge in [0.05, 0.1) is 24.3 Å². The summed E-state index contributed by atoms with van der Waals surface area (Å²) in [5.74, 6) is -2.73. The number of nitrogens with zero attached hydrogens (tertiary/aromatic N) is 2. The average molecular weight is 875 g/mol. The van der Waals surface area contributed by atoms with Crippen LogP contribution < -0.4 is 18.9 Å². The molecular formula is C46H38N2O16. The maximum atomic E-state index is 12.5. The van der Waals surface area contributed by atoms with Crippen LogP contribution in [0.3, 0.4) is 0 Å². The third-order valence-electron chi connectivity index (χ3n) is 8.44. The van der Waals surface area contributed by atoms with E-state index in [1.807, 2.05) is 12.1 Å². The lowest BCUT2D eigenvalue weighted by Gasteiger charge is -2.12. The number of epoxide rings is 2. The van der Waals surface area contributed by atoms with Crippen LogP contribution in [0, 0.1) is 22.7 Å². The van der Waals surface area contributed by atoms with Crippen LogP contribution in [-0.2, 0) is 60.8 Å². The van der Waals surface area contributed by atoms with E-state index >= 15 is 0 Å². The van der Waals surface area contributed by atoms with E-state index in [-0.39, 0.29) is 60.4 Å². The van der Waals surface area contributed by atoms with Gasteiger partial charge in [-0.3, -0.25) is 0 Å². The fourth-order valence-electron chi connectivity index (χ4n) is 4.80. The van der Waals surface area contributed by atoms with Crippen molar-refractivity contribution < 1.29 is 76.1 Å². The van der Waals surface area contributed by atoms with Crippen LogP contribution in [-0.4, -0.2) is 74.8 Å². The minimum atomic E-state index is -0.762. The SMILES string of the molecule is C=C(C)C(=O)OCOc1ccc(OC(=O)c2ccc(COC(=O)C(=C)C)cc2)cc1.N#Cc1c(OCOC(=O)C2CO2)ccc(OC(=O)c2ccc(COC(=O)C3CO3)cc2)c1C#N. The largest absolute Gasteiger partial charge is 0.459 e. The molecule has 0 aromatic heterocycles. The van der Waals surface area contributed by atoms with Gasteiger partial charge >= 0.3 is 35.8 Å². The smallest absolute Gasteiger partial charge is 0.343 e. The van der Waals surface area contributed by atoms with Gasteiger partial charge in [-0.25, -0.2) is 28.8 Å². The van der Waals surface area contributed by atoms with E-state index < -0.39 is 54.8 Å². The molecule has 18 heteroatoms. The third kappa shape index (κ3) is 14.1. The summed E-state index contributed by atoms with van der Waals surface area (Å²) in [6.45, 7) is 10.1. The van der Waals surface area contributed by atoms with Gasteiger partial charge in [0, 0.05) is 11.1 Å². The van der Waals surface area contributed by atoms with Crippen molar-refractivity contribution in [3.8, 4) is 35.1 Å². The zero-order chi connectivity index (χ0) is 46.2. The van der Waals surface area contributed by atoms with Crippen molar-refractivity contribution in [2.75, 3.05) is 26.8 Å². The molecule has 6 rings (SSSR count). The van der Waals surface area contributed by atoms with E-state index in [0.29, 0.717) is 34.8 Å². The van der Waals surface area contributed by atoms with Crippen molar-refractivity contribution in [3.05, 3.63) is 143 Å². The summed E-state index contributed by atoms with van der Waals surface area (Å²) in [6, 6.07) is 25.2. The number of rotatable bonds is 18. The van der Waals surface area contributed by atoms with E-state index in [9.17, 15) is 39.3 Å². The highest BCUT2D eigenvalue weighted by Gasteiger charge is 2.34. The normalized spacial score (nSPS) is 13.9. The first kappa shape index (κ1) is 46.7. The fourth-order valence-corrected chi connectivity index (χ4v) is 4.80. The second-order valence-corrected chi connectivity index (χ2v) is 13.5. The Morgan fingerprint density at radius 1 is 0.562 bits per heavy atom. The van der Waals surface area contributed by atoms with Crippen molar-refractivity contribution in [1.82, 2.24) is 0 Å². The minimum absolute atomic E-state index is 0.0149. The molecule has 0 N–H and O–H groups in total. The van der Waals surface area contributed by atoms with Gasteiger partial charge in [0.1, 0.15) is 53.7 Å². The standard InChI is InChI=1S/C23H16N2O9.C23H22O7/c24-7-15-16(8-25)18(6-5-17(15)32-12-33-23(28)20-11-30-20)34-21(26)14-3-1-13(2-4-14)9-31-22(27)19-10-29-19;1-15(2)21(24)27-13-17-5-7-18(8-6-17)23(26)30-20-11-9-19(10-12-20)28-14-29-22(25)16(3)4/h1-6,19-20H,9-12H2;5-12H,1,3,13-14H2,2,4H3. The van der Waals surface area contributed by atoms with Gasteiger partial charge in [-0.1, -0.05) is 37.4 Å². The van der Waals surface area contributed by atoms with Crippen LogP contribution in [0.2, 0.25) is 0 Å². The monoisotopic (exact) mass is 874 g/mol. The van der Waals surface area contributed by atoms with Crippen LogP contribution >= 0.6 is 0 Å². The second kappa shape index (κ2) is 22.5. The number of esters is 6. The van der Waals surface area contributed by atoms with Crippen LogP contribution in [0.5, 0.6) is 23.0 Å². The van der Waals surface area contributed by atoms with Gasteiger partial charge < -0.3 is 47.4 Å². The molecule has 0 spiro atoms. The molecule has 2 fully saturated rings. The molecule has 2 heterocycles. The van der Waals surface area contributed by atoms with E-state index in [1.165, 1.54) is 31.2 Å². The molecule has 2 aliphatic rings. The Bertz CT molecular complexity index is 2490. The highest BCUT2D eigenvalue weighted by molar-refractivity contribution is 5.92. The summed E-state index contributed by atoms with van der Waals surface area (Å²) in [6.07, 6.45) is -1.09. The molecule has 0 radical (unpaired) electrons. The fraction of sp³-hybridized carbons (Fsp3) is 0.217. The number of hydrogen-bond donors (Lipinski definition) is 0. The lowest BCUT2D eigenvalue weighted by Crippen LogP contribution is -2.16. The molecule has 18 nitrogen and oxygen atoms in total. The Balaban J connectivity index is 0.000000243. The zero-order valence-electron chi connectivity index (χ0n) is 34.3. The first-order valence-electron chi connectivity index (χ1n) is 18.9. The van der Waals surface area contributed by atoms with E-state index in [4.69, 9.17) is 47.4 Å². The Morgan fingerprint density at radius 3 is 1.52 bits per heavy atom. The summed E-state index contributed by atoms with van der Waals surface area (Å²) in [5.41, 5.74) is 2.12. The molecule has 328 valence electrons. The summed E-state index contributed by atoms with van der Waals surface area (Å²) >= 11 is 0. The van der Waals surface area contributed by atoms with E-state index in [0.717, 1.165) is 5.56 Å². The van der Waals surface area contributed by atoms with Gasteiger partial charge in [-0.2, -0.15) is 10.5 Å². The molecule has 0 saturated carbocycles. The Kier molecular flexibility index (Phi) is 16.4. The van der Waals surface area contributed by atoms with E-state index in [1.54, 1.807) is 67.6 Å². The number of ether oxygens (including phenoxy) is 10.